The van der Waals surface area contributed by atoms with E-state index >= 15 is 0 Å². The predicted molar refractivity (Wildman–Crippen MR) is 127 cm³/mol. The first kappa shape index (κ1) is 24.8. The number of guanidine groups is 1. The summed E-state index contributed by atoms with van der Waals surface area (Å²) in [6.07, 6.45) is 1.83. The quantitative estimate of drug-likeness (QED) is 0.319. The van der Waals surface area contributed by atoms with Crippen LogP contribution in [0.15, 0.2) is 29.4 Å². The van der Waals surface area contributed by atoms with Crippen molar-refractivity contribution in [3.63, 3.8) is 0 Å². The molecule has 0 aliphatic carbocycles. The van der Waals surface area contributed by atoms with E-state index in [0.717, 1.165) is 40.6 Å². The fourth-order valence-corrected chi connectivity index (χ4v) is 2.91. The molecule has 0 saturated carbocycles. The molecule has 0 unspecified atom stereocenters. The Bertz CT molecular complexity index is 828. The Morgan fingerprint density at radius 1 is 1.03 bits per heavy atom. The molecule has 7 nitrogen and oxygen atoms in total. The largest absolute Gasteiger partial charge is 0.496 e. The van der Waals surface area contributed by atoms with E-state index in [-0.39, 0.29) is 24.0 Å². The Kier molecular flexibility index (Phi) is 10.6. The van der Waals surface area contributed by atoms with Crippen LogP contribution in [0.5, 0.6) is 17.2 Å². The molecular formula is C21H31IN4O3. The molecule has 1 heterocycles. The monoisotopic (exact) mass is 514 g/mol. The van der Waals surface area contributed by atoms with Gasteiger partial charge in [0.1, 0.15) is 5.75 Å². The fourth-order valence-electron chi connectivity index (χ4n) is 2.91. The van der Waals surface area contributed by atoms with E-state index < -0.39 is 0 Å². The smallest absolute Gasteiger partial charge is 0.191 e. The minimum absolute atomic E-state index is 0. The summed E-state index contributed by atoms with van der Waals surface area (Å²) in [4.78, 5) is 9.18. The molecule has 2 aromatic rings. The van der Waals surface area contributed by atoms with Gasteiger partial charge in [-0.15, -0.1) is 24.0 Å². The van der Waals surface area contributed by atoms with Crippen molar-refractivity contribution in [2.24, 2.45) is 4.99 Å². The van der Waals surface area contributed by atoms with Crippen molar-refractivity contribution in [2.45, 2.75) is 33.9 Å². The number of rotatable bonds is 8. The number of nitrogens with one attached hydrogen (secondary N) is 2. The molecule has 1 aromatic heterocycles. The third kappa shape index (κ3) is 6.66. The average Bonchev–Trinajstić information content (AvgIpc) is 2.71. The Balaban J connectivity index is 0.00000420. The zero-order chi connectivity index (χ0) is 20.5. The molecule has 0 radical (unpaired) electrons. The minimum Gasteiger partial charge on any atom is -0.496 e. The van der Waals surface area contributed by atoms with Crippen LogP contribution in [0.4, 0.5) is 0 Å². The van der Waals surface area contributed by atoms with Crippen molar-refractivity contribution in [1.29, 1.82) is 0 Å². The molecule has 160 valence electrons. The van der Waals surface area contributed by atoms with Crippen molar-refractivity contribution in [3.8, 4) is 17.2 Å². The molecule has 29 heavy (non-hydrogen) atoms. The van der Waals surface area contributed by atoms with Gasteiger partial charge in [0, 0.05) is 23.9 Å². The summed E-state index contributed by atoms with van der Waals surface area (Å²) in [7, 11) is 4.93. The molecule has 2 N–H and O–H groups in total. The Morgan fingerprint density at radius 2 is 1.76 bits per heavy atom. The summed E-state index contributed by atoms with van der Waals surface area (Å²) in [5, 5.41) is 6.59. The highest BCUT2D eigenvalue weighted by atomic mass is 127. The van der Waals surface area contributed by atoms with Crippen molar-refractivity contribution < 1.29 is 14.2 Å². The molecule has 1 aromatic carbocycles. The number of aromatic nitrogens is 1. The van der Waals surface area contributed by atoms with Gasteiger partial charge in [-0.2, -0.15) is 0 Å². The lowest BCUT2D eigenvalue weighted by atomic mass is 10.1. The Hall–Kier alpha value is -2.23. The number of benzene rings is 1. The number of nitrogens with zero attached hydrogens (tertiary/aromatic N) is 2. The van der Waals surface area contributed by atoms with Crippen molar-refractivity contribution in [1.82, 2.24) is 15.6 Å². The summed E-state index contributed by atoms with van der Waals surface area (Å²) in [5.41, 5.74) is 4.02. The Labute approximate surface area is 190 Å². The van der Waals surface area contributed by atoms with Gasteiger partial charge in [-0.05, 0) is 38.5 Å². The number of ether oxygens (including phenoxy) is 3. The normalized spacial score (nSPS) is 10.8. The number of pyridine rings is 1. The minimum atomic E-state index is 0. The lowest BCUT2D eigenvalue weighted by molar-refractivity contribution is 0.354. The second-order valence-corrected chi connectivity index (χ2v) is 6.28. The first-order valence-electron chi connectivity index (χ1n) is 9.26. The fraction of sp³-hybridized carbons (Fsp3) is 0.429. The van der Waals surface area contributed by atoms with E-state index in [1.165, 1.54) is 0 Å². The third-order valence-electron chi connectivity index (χ3n) is 4.38. The number of aryl methyl sites for hydroxylation is 1. The van der Waals surface area contributed by atoms with Crippen LogP contribution in [0.2, 0.25) is 0 Å². The number of aliphatic imine (C=N–C) groups is 1. The van der Waals surface area contributed by atoms with Crippen molar-refractivity contribution >= 4 is 29.9 Å². The van der Waals surface area contributed by atoms with E-state index in [1.807, 2.05) is 45.2 Å². The molecule has 0 saturated heterocycles. The average molecular weight is 514 g/mol. The van der Waals surface area contributed by atoms with E-state index in [1.54, 1.807) is 21.3 Å². The van der Waals surface area contributed by atoms with Crippen molar-refractivity contribution in [3.05, 3.63) is 46.8 Å². The summed E-state index contributed by atoms with van der Waals surface area (Å²) >= 11 is 0. The molecular weight excluding hydrogens is 483 g/mol. The van der Waals surface area contributed by atoms with Crippen LogP contribution in [0.3, 0.4) is 0 Å². The Morgan fingerprint density at radius 3 is 2.38 bits per heavy atom. The van der Waals surface area contributed by atoms with Gasteiger partial charge in [0.25, 0.3) is 0 Å². The molecule has 8 heteroatoms. The highest BCUT2D eigenvalue weighted by Crippen LogP contribution is 2.27. The summed E-state index contributed by atoms with van der Waals surface area (Å²) in [6.45, 7) is 7.88. The molecule has 0 amide bonds. The zero-order valence-corrected chi connectivity index (χ0v) is 20.3. The van der Waals surface area contributed by atoms with E-state index in [9.17, 15) is 0 Å². The van der Waals surface area contributed by atoms with Gasteiger partial charge in [0.2, 0.25) is 0 Å². The second kappa shape index (κ2) is 12.4. The lowest BCUT2D eigenvalue weighted by Gasteiger charge is -2.15. The van der Waals surface area contributed by atoms with Crippen LogP contribution >= 0.6 is 24.0 Å². The highest BCUT2D eigenvalue weighted by molar-refractivity contribution is 14.0. The summed E-state index contributed by atoms with van der Waals surface area (Å²) in [5.74, 6) is 2.99. The third-order valence-corrected chi connectivity index (χ3v) is 4.38. The number of methoxy groups -OCH3 is 3. The summed E-state index contributed by atoms with van der Waals surface area (Å²) in [6, 6.07) is 5.79. The maximum Gasteiger partial charge on any atom is 0.191 e. The number of halogens is 1. The molecule has 0 spiro atoms. The van der Waals surface area contributed by atoms with Gasteiger partial charge in [-0.1, -0.05) is 6.07 Å². The van der Waals surface area contributed by atoms with Gasteiger partial charge >= 0.3 is 0 Å². The van der Waals surface area contributed by atoms with Gasteiger partial charge < -0.3 is 24.8 Å². The molecule has 2 rings (SSSR count). The molecule has 0 aliphatic heterocycles. The first-order chi connectivity index (χ1) is 13.5. The molecule has 0 aliphatic rings. The van der Waals surface area contributed by atoms with Gasteiger partial charge in [0.15, 0.2) is 17.5 Å². The summed E-state index contributed by atoms with van der Waals surface area (Å²) < 4.78 is 16.1. The molecule has 0 bridgehead atoms. The maximum absolute atomic E-state index is 5.48. The standard InChI is InChI=1S/C21H30N4O3.HI/c1-7-22-21(24-12-16-8-9-18(26-4)19(10-16)27-5)25-13-17-15(3)20(28-6)14(2)11-23-17;/h8-11H,7,12-13H2,1-6H3,(H2,22,24,25);1H. The lowest BCUT2D eigenvalue weighted by Crippen LogP contribution is -2.37. The van der Waals surface area contributed by atoms with Crippen molar-refractivity contribution in [2.75, 3.05) is 27.9 Å². The second-order valence-electron chi connectivity index (χ2n) is 6.28. The number of hydrogen-bond donors (Lipinski definition) is 2. The van der Waals surface area contributed by atoms with Crippen LogP contribution in [0.25, 0.3) is 0 Å². The molecule has 0 fully saturated rings. The van der Waals surface area contributed by atoms with Crippen LogP contribution in [0.1, 0.15) is 29.3 Å². The van der Waals surface area contributed by atoms with Gasteiger partial charge in [0.05, 0.1) is 40.1 Å². The van der Waals surface area contributed by atoms with Crippen LogP contribution in [0, 0.1) is 13.8 Å². The van der Waals surface area contributed by atoms with E-state index in [0.29, 0.717) is 24.6 Å². The van der Waals surface area contributed by atoms with Gasteiger partial charge in [-0.3, -0.25) is 4.98 Å². The van der Waals surface area contributed by atoms with Crippen LogP contribution in [-0.2, 0) is 13.1 Å². The zero-order valence-electron chi connectivity index (χ0n) is 18.0. The van der Waals surface area contributed by atoms with Gasteiger partial charge in [-0.25, -0.2) is 4.99 Å². The predicted octanol–water partition coefficient (Wildman–Crippen LogP) is 3.60. The SMILES string of the molecule is CCNC(=NCc1ccc(OC)c(OC)c1)NCc1ncc(C)c(OC)c1C.I. The van der Waals surface area contributed by atoms with Crippen LogP contribution in [-0.4, -0.2) is 38.8 Å². The molecule has 0 atom stereocenters. The van der Waals surface area contributed by atoms with Crippen LogP contribution < -0.4 is 24.8 Å². The maximum atomic E-state index is 5.48. The van der Waals surface area contributed by atoms with E-state index in [2.05, 4.69) is 20.6 Å². The highest BCUT2D eigenvalue weighted by Gasteiger charge is 2.10. The first-order valence-corrected chi connectivity index (χ1v) is 9.26. The number of hydrogen-bond acceptors (Lipinski definition) is 5. The van der Waals surface area contributed by atoms with E-state index in [4.69, 9.17) is 14.2 Å². The topological polar surface area (TPSA) is 77.0 Å².